The van der Waals surface area contributed by atoms with Gasteiger partial charge in [0.2, 0.25) is 7.44 Å². The minimum Gasteiger partial charge on any atom is -0.379 e. The van der Waals surface area contributed by atoms with E-state index in [-0.39, 0.29) is 18.5 Å². The Morgan fingerprint density at radius 1 is 1.26 bits per heavy atom. The van der Waals surface area contributed by atoms with E-state index in [2.05, 4.69) is 49.3 Å². The van der Waals surface area contributed by atoms with Gasteiger partial charge < -0.3 is 14.4 Å². The fourth-order valence-electron chi connectivity index (χ4n) is 3.66. The van der Waals surface area contributed by atoms with E-state index < -0.39 is 7.44 Å². The van der Waals surface area contributed by atoms with Gasteiger partial charge in [-0.1, -0.05) is 11.6 Å². The lowest BCUT2D eigenvalue weighted by Crippen LogP contribution is -2.48. The largest absolute Gasteiger partial charge is 0.379 e. The summed E-state index contributed by atoms with van der Waals surface area (Å²) in [6, 6.07) is 0.215. The van der Waals surface area contributed by atoms with E-state index in [0.29, 0.717) is 6.61 Å². The number of piperazine rings is 1. The van der Waals surface area contributed by atoms with Crippen molar-refractivity contribution in [3.05, 3.63) is 11.6 Å². The molecule has 0 aromatic carbocycles. The van der Waals surface area contributed by atoms with Gasteiger partial charge in [0.05, 0.1) is 12.7 Å². The van der Waals surface area contributed by atoms with E-state index in [1.54, 1.807) is 0 Å². The second kappa shape index (κ2) is 10.5. The molecule has 9 heteroatoms. The molecule has 2 rings (SSSR count). The smallest absolute Gasteiger partial charge is 0.241 e. The van der Waals surface area contributed by atoms with Crippen molar-refractivity contribution in [2.24, 2.45) is 0 Å². The van der Waals surface area contributed by atoms with E-state index >= 15 is 0 Å². The van der Waals surface area contributed by atoms with Crippen LogP contribution in [0.2, 0.25) is 0 Å². The third-order valence-corrected chi connectivity index (χ3v) is 8.30. The Bertz CT molecular complexity index is 527. The Balaban J connectivity index is 1.84. The summed E-state index contributed by atoms with van der Waals surface area (Å²) in [5, 5.41) is 0. The SMILES string of the molecule is BC1CN(C)CC(COCP(=O)(N(C)C)N2CCN(CC=C(C)C)CC2)O1. The van der Waals surface area contributed by atoms with Crippen LogP contribution in [-0.4, -0.2) is 119 Å². The first-order chi connectivity index (χ1) is 12.7. The predicted molar refractivity (Wildman–Crippen MR) is 114 cm³/mol. The zero-order chi connectivity index (χ0) is 20.0. The van der Waals surface area contributed by atoms with Crippen LogP contribution in [0.5, 0.6) is 0 Å². The van der Waals surface area contributed by atoms with Crippen LogP contribution >= 0.6 is 7.44 Å². The Kier molecular flexibility index (Phi) is 9.01. The lowest BCUT2D eigenvalue weighted by molar-refractivity contribution is -0.0748. The van der Waals surface area contributed by atoms with Crippen molar-refractivity contribution in [2.45, 2.75) is 26.0 Å². The molecular weight excluding hydrogens is 362 g/mol. The van der Waals surface area contributed by atoms with E-state index in [9.17, 15) is 4.57 Å². The summed E-state index contributed by atoms with van der Waals surface area (Å²) >= 11 is 0. The van der Waals surface area contributed by atoms with Gasteiger partial charge >= 0.3 is 0 Å². The average Bonchev–Trinajstić information content (AvgIpc) is 2.59. The number of morpholine rings is 1. The minimum absolute atomic E-state index is 0.0512. The van der Waals surface area contributed by atoms with Crippen LogP contribution in [0.3, 0.4) is 0 Å². The molecule has 0 N–H and O–H groups in total. The van der Waals surface area contributed by atoms with Crippen LogP contribution in [0.25, 0.3) is 0 Å². The number of allylic oxidation sites excluding steroid dienone is 1. The van der Waals surface area contributed by atoms with Crippen molar-refractivity contribution in [3.63, 3.8) is 0 Å². The lowest BCUT2D eigenvalue weighted by Gasteiger charge is -2.41. The molecule has 0 spiro atoms. The summed E-state index contributed by atoms with van der Waals surface area (Å²) < 4.78 is 29.5. The molecule has 0 aliphatic carbocycles. The van der Waals surface area contributed by atoms with Gasteiger partial charge in [0.25, 0.3) is 0 Å². The molecule has 156 valence electrons. The van der Waals surface area contributed by atoms with Gasteiger partial charge in [-0.25, -0.2) is 9.34 Å². The maximum absolute atomic E-state index is 13.7. The molecule has 0 aromatic heterocycles. The minimum atomic E-state index is -2.70. The van der Waals surface area contributed by atoms with Gasteiger partial charge in [-0.2, -0.15) is 0 Å². The fraction of sp³-hybridized carbons (Fsp3) is 0.889. The topological polar surface area (TPSA) is 48.5 Å². The molecule has 7 nitrogen and oxygen atoms in total. The highest BCUT2D eigenvalue weighted by atomic mass is 31.2. The normalized spacial score (nSPS) is 28.2. The molecule has 0 radical (unpaired) electrons. The van der Waals surface area contributed by atoms with Crippen molar-refractivity contribution in [1.82, 2.24) is 19.1 Å². The average molecular weight is 400 g/mol. The number of hydrogen-bond acceptors (Lipinski definition) is 5. The van der Waals surface area contributed by atoms with Crippen molar-refractivity contribution >= 4 is 15.3 Å². The molecule has 2 saturated heterocycles. The molecule has 2 fully saturated rings. The Hall–Kier alpha value is -0.205. The molecule has 0 bridgehead atoms. The van der Waals surface area contributed by atoms with Crippen LogP contribution < -0.4 is 0 Å². The first-order valence-electron chi connectivity index (χ1n) is 10.0. The maximum Gasteiger partial charge on any atom is 0.241 e. The molecule has 0 amide bonds. The quantitative estimate of drug-likeness (QED) is 0.336. The van der Waals surface area contributed by atoms with E-state index in [0.717, 1.165) is 45.8 Å². The summed E-state index contributed by atoms with van der Waals surface area (Å²) in [4.78, 5) is 4.68. The van der Waals surface area contributed by atoms with E-state index in [1.807, 2.05) is 18.8 Å². The summed E-state index contributed by atoms with van der Waals surface area (Å²) in [7, 11) is 5.28. The lowest BCUT2D eigenvalue weighted by atomic mass is 9.98. The predicted octanol–water partition coefficient (Wildman–Crippen LogP) is 0.589. The van der Waals surface area contributed by atoms with E-state index in [1.165, 1.54) is 5.57 Å². The molecule has 2 aliphatic rings. The zero-order valence-electron chi connectivity index (χ0n) is 18.1. The first kappa shape index (κ1) is 23.1. The van der Waals surface area contributed by atoms with E-state index in [4.69, 9.17) is 9.47 Å². The molecular formula is C18H38BN4O3P. The zero-order valence-corrected chi connectivity index (χ0v) is 19.0. The summed E-state index contributed by atoms with van der Waals surface area (Å²) in [5.41, 5.74) is 1.34. The van der Waals surface area contributed by atoms with Gasteiger partial charge in [0.1, 0.15) is 14.2 Å². The Morgan fingerprint density at radius 3 is 2.48 bits per heavy atom. The number of nitrogens with zero attached hydrogens (tertiary/aromatic N) is 4. The monoisotopic (exact) mass is 400 g/mol. The van der Waals surface area contributed by atoms with Crippen LogP contribution in [-0.2, 0) is 14.0 Å². The molecule has 0 aromatic rings. The van der Waals surface area contributed by atoms with Gasteiger partial charge in [0.15, 0.2) is 0 Å². The number of ether oxygens (including phenoxy) is 2. The van der Waals surface area contributed by atoms with Crippen LogP contribution in [0.1, 0.15) is 13.8 Å². The maximum atomic E-state index is 13.7. The highest BCUT2D eigenvalue weighted by molar-refractivity contribution is 7.58. The molecule has 3 unspecified atom stereocenters. The number of hydrogen-bond donors (Lipinski definition) is 0. The van der Waals surface area contributed by atoms with Crippen LogP contribution in [0.15, 0.2) is 11.6 Å². The van der Waals surface area contributed by atoms with Crippen molar-refractivity contribution < 1.29 is 14.0 Å². The highest BCUT2D eigenvalue weighted by Gasteiger charge is 2.36. The molecule has 3 atom stereocenters. The first-order valence-corrected chi connectivity index (χ1v) is 11.8. The van der Waals surface area contributed by atoms with Crippen molar-refractivity contribution in [3.8, 4) is 0 Å². The second-order valence-electron chi connectivity index (χ2n) is 8.34. The molecule has 2 aliphatic heterocycles. The van der Waals surface area contributed by atoms with Crippen molar-refractivity contribution in [2.75, 3.05) is 79.9 Å². The van der Waals surface area contributed by atoms with Gasteiger partial charge in [-0.15, -0.1) is 0 Å². The molecule has 27 heavy (non-hydrogen) atoms. The number of rotatable bonds is 8. The highest BCUT2D eigenvalue weighted by Crippen LogP contribution is 2.51. The second-order valence-corrected chi connectivity index (χ2v) is 11.3. The Morgan fingerprint density at radius 2 is 1.93 bits per heavy atom. The van der Waals surface area contributed by atoms with Gasteiger partial charge in [-0.3, -0.25) is 9.46 Å². The molecule has 0 saturated carbocycles. The summed E-state index contributed by atoms with van der Waals surface area (Å²) in [6.07, 6.45) is 2.56. The van der Waals surface area contributed by atoms with Crippen molar-refractivity contribution in [1.29, 1.82) is 0 Å². The summed E-state index contributed by atoms with van der Waals surface area (Å²) in [6.45, 7) is 11.0. The third kappa shape index (κ3) is 6.96. The molecule has 2 heterocycles. The van der Waals surface area contributed by atoms with Crippen LogP contribution in [0, 0.1) is 0 Å². The third-order valence-electron chi connectivity index (χ3n) is 5.25. The van der Waals surface area contributed by atoms with Gasteiger partial charge in [0, 0.05) is 51.8 Å². The Labute approximate surface area is 166 Å². The van der Waals surface area contributed by atoms with Gasteiger partial charge in [-0.05, 0) is 35.0 Å². The van der Waals surface area contributed by atoms with Crippen LogP contribution in [0.4, 0.5) is 0 Å². The fourth-order valence-corrected chi connectivity index (χ4v) is 5.71. The standard InChI is InChI=1S/C18H38BN4O3P/c1-16(2)6-7-22-8-10-23(11-9-22)27(24,20(3)4)15-25-14-17-12-21(5)13-18(19)26-17/h6,17-18H,7-15,19H2,1-5H3. The summed E-state index contributed by atoms with van der Waals surface area (Å²) in [5.74, 6) is 0. The number of likely N-dealkylation sites (N-methyl/N-ethyl adjacent to an activating group) is 1.